The van der Waals surface area contributed by atoms with Crippen molar-refractivity contribution in [2.75, 3.05) is 26.5 Å². The Morgan fingerprint density at radius 2 is 1.82 bits per heavy atom. The van der Waals surface area contributed by atoms with Gasteiger partial charge in [-0.15, -0.1) is 0 Å². The average molecular weight is 301 g/mol. The number of hydrogen-bond donors (Lipinski definition) is 1. The molecule has 0 aromatic carbocycles. The van der Waals surface area contributed by atoms with Gasteiger partial charge < -0.3 is 10.2 Å². The molecule has 1 aromatic heterocycles. The topological polar surface area (TPSA) is 41.1 Å². The summed E-state index contributed by atoms with van der Waals surface area (Å²) < 4.78 is 0.954. The fraction of sp³-hybridized carbons (Fsp3) is 0.667. The van der Waals surface area contributed by atoms with Crippen molar-refractivity contribution in [1.82, 2.24) is 14.9 Å². The second kappa shape index (κ2) is 5.31. The summed E-state index contributed by atoms with van der Waals surface area (Å²) in [5.74, 6) is 1.69. The number of nitrogens with one attached hydrogen (secondary N) is 1. The second-order valence-corrected chi connectivity index (χ2v) is 6.18. The van der Waals surface area contributed by atoms with Crippen molar-refractivity contribution in [1.29, 1.82) is 0 Å². The van der Waals surface area contributed by atoms with E-state index in [2.05, 4.69) is 56.9 Å². The van der Waals surface area contributed by atoms with Crippen molar-refractivity contribution in [3.05, 3.63) is 16.0 Å². The third-order valence-corrected chi connectivity index (χ3v) is 3.05. The molecule has 1 N–H and O–H groups in total. The van der Waals surface area contributed by atoms with E-state index in [1.807, 2.05) is 21.1 Å². The summed E-state index contributed by atoms with van der Waals surface area (Å²) in [6, 6.07) is 0. The molecule has 5 heteroatoms. The van der Waals surface area contributed by atoms with Gasteiger partial charge in [-0.2, -0.15) is 0 Å². The van der Waals surface area contributed by atoms with Gasteiger partial charge in [-0.05, 0) is 30.0 Å². The fourth-order valence-electron chi connectivity index (χ4n) is 1.51. The Morgan fingerprint density at radius 3 is 2.24 bits per heavy atom. The minimum atomic E-state index is -0.00552. The first-order valence-electron chi connectivity index (χ1n) is 5.65. The van der Waals surface area contributed by atoms with E-state index in [0.29, 0.717) is 0 Å². The molecule has 4 nitrogen and oxygen atoms in total. The lowest BCUT2D eigenvalue weighted by Crippen LogP contribution is -2.20. The van der Waals surface area contributed by atoms with Gasteiger partial charge in [0.05, 0.1) is 16.7 Å². The SMILES string of the molecule is CNc1nc(CN(C)C)nc(C(C)(C)C)c1Br. The molecule has 0 saturated heterocycles. The maximum absolute atomic E-state index is 4.65. The molecule has 0 aliphatic carbocycles. The van der Waals surface area contributed by atoms with E-state index in [1.165, 1.54) is 0 Å². The van der Waals surface area contributed by atoms with Gasteiger partial charge in [0, 0.05) is 12.5 Å². The van der Waals surface area contributed by atoms with Gasteiger partial charge in [0.1, 0.15) is 11.6 Å². The summed E-state index contributed by atoms with van der Waals surface area (Å²) in [7, 11) is 5.90. The number of hydrogen-bond acceptors (Lipinski definition) is 4. The van der Waals surface area contributed by atoms with E-state index in [9.17, 15) is 0 Å². The molecule has 96 valence electrons. The first kappa shape index (κ1) is 14.4. The van der Waals surface area contributed by atoms with Crippen molar-refractivity contribution >= 4 is 21.7 Å². The minimum absolute atomic E-state index is 0.00552. The number of aromatic nitrogens is 2. The van der Waals surface area contributed by atoms with Crippen molar-refractivity contribution in [3.63, 3.8) is 0 Å². The van der Waals surface area contributed by atoms with Crippen molar-refractivity contribution in [2.45, 2.75) is 32.7 Å². The molecule has 0 aliphatic heterocycles. The number of nitrogens with zero attached hydrogens (tertiary/aromatic N) is 3. The first-order valence-corrected chi connectivity index (χ1v) is 6.44. The van der Waals surface area contributed by atoms with Crippen LogP contribution in [0, 0.1) is 0 Å². The summed E-state index contributed by atoms with van der Waals surface area (Å²) >= 11 is 3.58. The van der Waals surface area contributed by atoms with E-state index in [1.54, 1.807) is 0 Å². The molecular formula is C12H21BrN4. The first-order chi connectivity index (χ1) is 7.75. The molecule has 0 fully saturated rings. The van der Waals surface area contributed by atoms with E-state index in [0.717, 1.165) is 28.4 Å². The largest absolute Gasteiger partial charge is 0.372 e. The van der Waals surface area contributed by atoms with Crippen LogP contribution in [-0.4, -0.2) is 36.0 Å². The van der Waals surface area contributed by atoms with Crippen LogP contribution in [-0.2, 0) is 12.0 Å². The van der Waals surface area contributed by atoms with Gasteiger partial charge in [0.2, 0.25) is 0 Å². The second-order valence-electron chi connectivity index (χ2n) is 5.39. The van der Waals surface area contributed by atoms with Crippen molar-refractivity contribution in [3.8, 4) is 0 Å². The van der Waals surface area contributed by atoms with Crippen molar-refractivity contribution < 1.29 is 0 Å². The van der Waals surface area contributed by atoms with Gasteiger partial charge in [0.25, 0.3) is 0 Å². The van der Waals surface area contributed by atoms with Gasteiger partial charge in [-0.25, -0.2) is 9.97 Å². The third-order valence-electron chi connectivity index (χ3n) is 2.30. The van der Waals surface area contributed by atoms with Gasteiger partial charge in [-0.1, -0.05) is 20.8 Å². The Kier molecular flexibility index (Phi) is 4.49. The van der Waals surface area contributed by atoms with Crippen LogP contribution in [0.3, 0.4) is 0 Å². The van der Waals surface area contributed by atoms with Crippen LogP contribution >= 0.6 is 15.9 Å². The predicted octanol–water partition coefficient (Wildman–Crippen LogP) is 2.64. The van der Waals surface area contributed by atoms with Crippen LogP contribution in [0.1, 0.15) is 32.3 Å². The molecule has 0 aliphatic rings. The van der Waals surface area contributed by atoms with E-state index in [4.69, 9.17) is 0 Å². The molecule has 1 rings (SSSR count). The zero-order chi connectivity index (χ0) is 13.2. The summed E-state index contributed by atoms with van der Waals surface area (Å²) in [6.45, 7) is 7.20. The number of halogens is 1. The summed E-state index contributed by atoms with van der Waals surface area (Å²) in [6.07, 6.45) is 0. The van der Waals surface area contributed by atoms with Gasteiger partial charge in [0.15, 0.2) is 0 Å². The predicted molar refractivity (Wildman–Crippen MR) is 75.4 cm³/mol. The fourth-order valence-corrected chi connectivity index (χ4v) is 2.48. The average Bonchev–Trinajstić information content (AvgIpc) is 2.17. The molecule has 0 atom stereocenters. The smallest absolute Gasteiger partial charge is 0.145 e. The Balaban J connectivity index is 3.29. The van der Waals surface area contributed by atoms with Crippen LogP contribution < -0.4 is 5.32 Å². The maximum atomic E-state index is 4.65. The van der Waals surface area contributed by atoms with Crippen LogP contribution in [0.5, 0.6) is 0 Å². The zero-order valence-electron chi connectivity index (χ0n) is 11.4. The normalized spacial score (nSPS) is 12.0. The van der Waals surface area contributed by atoms with E-state index >= 15 is 0 Å². The number of anilines is 1. The highest BCUT2D eigenvalue weighted by Gasteiger charge is 2.22. The van der Waals surface area contributed by atoms with Crippen LogP contribution in [0.15, 0.2) is 4.47 Å². The highest BCUT2D eigenvalue weighted by Crippen LogP contribution is 2.32. The lowest BCUT2D eigenvalue weighted by atomic mass is 9.92. The standard InChI is InChI=1S/C12H21BrN4/c1-12(2,3)10-9(13)11(14-4)16-8(15-10)7-17(5)6/h7H2,1-6H3,(H,14,15,16). The molecule has 0 amide bonds. The molecule has 0 radical (unpaired) electrons. The molecule has 0 bridgehead atoms. The molecule has 0 unspecified atom stereocenters. The summed E-state index contributed by atoms with van der Waals surface area (Å²) in [4.78, 5) is 11.2. The Morgan fingerprint density at radius 1 is 1.24 bits per heavy atom. The summed E-state index contributed by atoms with van der Waals surface area (Å²) in [5.41, 5.74) is 1.03. The minimum Gasteiger partial charge on any atom is -0.372 e. The van der Waals surface area contributed by atoms with E-state index < -0.39 is 0 Å². The molecule has 0 saturated carbocycles. The summed E-state index contributed by atoms with van der Waals surface area (Å²) in [5, 5.41) is 3.10. The molecule has 0 spiro atoms. The monoisotopic (exact) mass is 300 g/mol. The quantitative estimate of drug-likeness (QED) is 0.932. The van der Waals surface area contributed by atoms with Crippen molar-refractivity contribution in [2.24, 2.45) is 0 Å². The Labute approximate surface area is 112 Å². The lowest BCUT2D eigenvalue weighted by Gasteiger charge is -2.22. The molecule has 17 heavy (non-hydrogen) atoms. The number of rotatable bonds is 3. The zero-order valence-corrected chi connectivity index (χ0v) is 13.0. The third kappa shape index (κ3) is 3.64. The van der Waals surface area contributed by atoms with E-state index in [-0.39, 0.29) is 5.41 Å². The molecule has 1 aromatic rings. The highest BCUT2D eigenvalue weighted by atomic mass is 79.9. The van der Waals surface area contributed by atoms with Crippen LogP contribution in [0.2, 0.25) is 0 Å². The highest BCUT2D eigenvalue weighted by molar-refractivity contribution is 9.10. The molecule has 1 heterocycles. The molecular weight excluding hydrogens is 280 g/mol. The van der Waals surface area contributed by atoms with Crippen LogP contribution in [0.4, 0.5) is 5.82 Å². The van der Waals surface area contributed by atoms with Gasteiger partial charge >= 0.3 is 0 Å². The van der Waals surface area contributed by atoms with Crippen LogP contribution in [0.25, 0.3) is 0 Å². The maximum Gasteiger partial charge on any atom is 0.145 e. The lowest BCUT2D eigenvalue weighted by molar-refractivity contribution is 0.388. The Hall–Kier alpha value is -0.680. The Bertz CT molecular complexity index is 396. The van der Waals surface area contributed by atoms with Gasteiger partial charge in [-0.3, -0.25) is 0 Å².